The lowest BCUT2D eigenvalue weighted by Crippen LogP contribution is -2.53. The molecule has 2 heterocycles. The summed E-state index contributed by atoms with van der Waals surface area (Å²) in [4.78, 5) is 32.2. The van der Waals surface area contributed by atoms with Gasteiger partial charge in [-0.3, -0.25) is 9.59 Å². The van der Waals surface area contributed by atoms with Gasteiger partial charge >= 0.3 is 0 Å². The maximum absolute atomic E-state index is 13.2. The van der Waals surface area contributed by atoms with Crippen molar-refractivity contribution in [3.8, 4) is 0 Å². The topological polar surface area (TPSA) is 75.4 Å². The molecule has 0 unspecified atom stereocenters. The van der Waals surface area contributed by atoms with Crippen LogP contribution in [0.25, 0.3) is 11.1 Å². The van der Waals surface area contributed by atoms with Gasteiger partial charge in [0, 0.05) is 19.0 Å². The van der Waals surface area contributed by atoms with Gasteiger partial charge in [0.2, 0.25) is 11.8 Å². The zero-order chi connectivity index (χ0) is 21.8. The van der Waals surface area contributed by atoms with Gasteiger partial charge in [0.25, 0.3) is 0 Å². The minimum Gasteiger partial charge on any atom is -0.440 e. The fourth-order valence-corrected chi connectivity index (χ4v) is 4.13. The van der Waals surface area contributed by atoms with Crippen LogP contribution in [0.5, 0.6) is 0 Å². The van der Waals surface area contributed by atoms with Crippen LogP contribution >= 0.6 is 0 Å². The largest absolute Gasteiger partial charge is 0.440 e. The molecule has 1 aromatic heterocycles. The molecule has 0 radical (unpaired) electrons. The van der Waals surface area contributed by atoms with Crippen molar-refractivity contribution < 1.29 is 14.0 Å². The van der Waals surface area contributed by atoms with Gasteiger partial charge in [-0.25, -0.2) is 4.98 Å². The van der Waals surface area contributed by atoms with Crippen LogP contribution in [0.4, 0.5) is 0 Å². The third-order valence-electron chi connectivity index (χ3n) is 5.92. The minimum absolute atomic E-state index is 0.00701. The summed E-state index contributed by atoms with van der Waals surface area (Å²) in [5.74, 6) is 0.848. The first kappa shape index (κ1) is 21.1. The predicted octanol–water partition coefficient (Wildman–Crippen LogP) is 3.92. The molecule has 4 rings (SSSR count). The highest BCUT2D eigenvalue weighted by molar-refractivity contribution is 5.88. The van der Waals surface area contributed by atoms with E-state index in [9.17, 15) is 9.59 Å². The molecular formula is C25H29N3O3. The molecule has 0 aliphatic carbocycles. The second-order valence-corrected chi connectivity index (χ2v) is 8.57. The first-order chi connectivity index (χ1) is 15.0. The Hall–Kier alpha value is -3.15. The van der Waals surface area contributed by atoms with Crippen molar-refractivity contribution in [2.45, 2.75) is 45.1 Å². The number of hydrogen-bond acceptors (Lipinski definition) is 4. The van der Waals surface area contributed by atoms with Crippen molar-refractivity contribution in [3.05, 3.63) is 66.1 Å². The molecule has 1 atom stereocenters. The van der Waals surface area contributed by atoms with Crippen LogP contribution in [0.2, 0.25) is 0 Å². The van der Waals surface area contributed by atoms with Gasteiger partial charge in [-0.05, 0) is 36.5 Å². The summed E-state index contributed by atoms with van der Waals surface area (Å²) >= 11 is 0. The molecule has 0 saturated carbocycles. The average molecular weight is 420 g/mol. The molecular weight excluding hydrogens is 390 g/mol. The van der Waals surface area contributed by atoms with E-state index < -0.39 is 6.04 Å². The van der Waals surface area contributed by atoms with Gasteiger partial charge in [0.05, 0.1) is 6.42 Å². The van der Waals surface area contributed by atoms with E-state index in [1.54, 1.807) is 0 Å². The van der Waals surface area contributed by atoms with Gasteiger partial charge < -0.3 is 14.6 Å². The number of rotatable bonds is 6. The first-order valence-electron chi connectivity index (χ1n) is 11.0. The van der Waals surface area contributed by atoms with Gasteiger partial charge in [-0.2, -0.15) is 0 Å². The van der Waals surface area contributed by atoms with Gasteiger partial charge in [-0.1, -0.05) is 56.3 Å². The number of aromatic nitrogens is 1. The number of oxazole rings is 1. The lowest BCUT2D eigenvalue weighted by Gasteiger charge is -2.34. The van der Waals surface area contributed by atoms with Crippen LogP contribution in [0.1, 0.15) is 44.1 Å². The van der Waals surface area contributed by atoms with E-state index in [2.05, 4.69) is 10.3 Å². The summed E-state index contributed by atoms with van der Waals surface area (Å²) in [5, 5.41) is 2.96. The number of carbonyl (C=O) groups excluding carboxylic acids is 2. The Kier molecular flexibility index (Phi) is 6.35. The molecule has 3 aromatic rings. The van der Waals surface area contributed by atoms with Crippen LogP contribution in [0.15, 0.2) is 59.0 Å². The maximum Gasteiger partial charge on any atom is 0.245 e. The first-order valence-corrected chi connectivity index (χ1v) is 11.0. The minimum atomic E-state index is -0.517. The van der Waals surface area contributed by atoms with Crippen molar-refractivity contribution in [3.63, 3.8) is 0 Å². The number of likely N-dealkylation sites (tertiary alicyclic amines) is 1. The Balaban J connectivity index is 1.35. The molecule has 1 saturated heterocycles. The fourth-order valence-electron chi connectivity index (χ4n) is 4.13. The molecule has 1 N–H and O–H groups in total. The van der Waals surface area contributed by atoms with E-state index in [0.717, 1.165) is 35.4 Å². The molecule has 1 aliphatic rings. The summed E-state index contributed by atoms with van der Waals surface area (Å²) in [6.07, 6.45) is 1.89. The van der Waals surface area contributed by atoms with E-state index in [0.29, 0.717) is 13.1 Å². The quantitative estimate of drug-likeness (QED) is 0.657. The highest BCUT2D eigenvalue weighted by atomic mass is 16.3. The van der Waals surface area contributed by atoms with E-state index in [-0.39, 0.29) is 30.1 Å². The van der Waals surface area contributed by atoms with Crippen LogP contribution in [-0.4, -0.2) is 40.8 Å². The summed E-state index contributed by atoms with van der Waals surface area (Å²) in [7, 11) is 0. The highest BCUT2D eigenvalue weighted by Crippen LogP contribution is 2.30. The standard InChI is InChI=1S/C25H29N3O3/c1-17(2)23(27-22(29)16-18-8-4-3-5-9-18)25(30)28-14-12-19(13-15-28)24-26-20-10-6-7-11-21(20)31-24/h3-11,17,19,23H,12-16H2,1-2H3,(H,27,29)/t23-/m0/s1. The van der Waals surface area contributed by atoms with Crippen molar-refractivity contribution >= 4 is 22.9 Å². The molecule has 6 nitrogen and oxygen atoms in total. The number of carbonyl (C=O) groups is 2. The monoisotopic (exact) mass is 419 g/mol. The Labute approximate surface area is 182 Å². The number of amides is 2. The van der Waals surface area contributed by atoms with Gasteiger partial charge in [0.1, 0.15) is 11.6 Å². The van der Waals surface area contributed by atoms with Crippen molar-refractivity contribution in [1.29, 1.82) is 0 Å². The average Bonchev–Trinajstić information content (AvgIpc) is 3.22. The maximum atomic E-state index is 13.2. The number of nitrogens with zero attached hydrogens (tertiary/aromatic N) is 2. The van der Waals surface area contributed by atoms with E-state index in [1.165, 1.54) is 0 Å². The molecule has 0 bridgehead atoms. The Morgan fingerprint density at radius 1 is 1.06 bits per heavy atom. The highest BCUT2D eigenvalue weighted by Gasteiger charge is 2.32. The fraction of sp³-hybridized carbons (Fsp3) is 0.400. The van der Waals surface area contributed by atoms with E-state index >= 15 is 0 Å². The molecule has 162 valence electrons. The van der Waals surface area contributed by atoms with Gasteiger partial charge in [0.15, 0.2) is 11.5 Å². The Morgan fingerprint density at radius 2 is 1.74 bits per heavy atom. The van der Waals surface area contributed by atoms with Crippen LogP contribution in [0.3, 0.4) is 0 Å². The Bertz CT molecular complexity index is 1000. The molecule has 2 aromatic carbocycles. The number of fused-ring (bicyclic) bond motifs is 1. The molecule has 1 fully saturated rings. The summed E-state index contributed by atoms with van der Waals surface area (Å²) in [5.41, 5.74) is 2.61. The summed E-state index contributed by atoms with van der Waals surface area (Å²) in [6.45, 7) is 5.22. The zero-order valence-electron chi connectivity index (χ0n) is 18.1. The van der Waals surface area contributed by atoms with Crippen LogP contribution in [0, 0.1) is 5.92 Å². The van der Waals surface area contributed by atoms with E-state index in [4.69, 9.17) is 4.42 Å². The molecule has 1 aliphatic heterocycles. The van der Waals surface area contributed by atoms with E-state index in [1.807, 2.05) is 73.3 Å². The van der Waals surface area contributed by atoms with Crippen LogP contribution < -0.4 is 5.32 Å². The lowest BCUT2D eigenvalue weighted by molar-refractivity contribution is -0.138. The number of para-hydroxylation sites is 2. The summed E-state index contributed by atoms with van der Waals surface area (Å²) < 4.78 is 5.93. The predicted molar refractivity (Wildman–Crippen MR) is 119 cm³/mol. The third kappa shape index (κ3) is 4.95. The second kappa shape index (κ2) is 9.33. The molecule has 0 spiro atoms. The number of nitrogens with one attached hydrogen (secondary N) is 1. The van der Waals surface area contributed by atoms with Crippen LogP contribution in [-0.2, 0) is 16.0 Å². The molecule has 31 heavy (non-hydrogen) atoms. The Morgan fingerprint density at radius 3 is 2.42 bits per heavy atom. The SMILES string of the molecule is CC(C)[C@H](NC(=O)Cc1ccccc1)C(=O)N1CCC(c2nc3ccccc3o2)CC1. The molecule has 2 amide bonds. The number of benzene rings is 2. The smallest absolute Gasteiger partial charge is 0.245 e. The molecule has 6 heteroatoms. The number of hydrogen-bond donors (Lipinski definition) is 1. The zero-order valence-corrected chi connectivity index (χ0v) is 18.1. The third-order valence-corrected chi connectivity index (χ3v) is 5.92. The van der Waals surface area contributed by atoms with Crippen molar-refractivity contribution in [1.82, 2.24) is 15.2 Å². The summed E-state index contributed by atoms with van der Waals surface area (Å²) in [6, 6.07) is 16.8. The lowest BCUT2D eigenvalue weighted by atomic mass is 9.95. The van der Waals surface area contributed by atoms with Gasteiger partial charge in [-0.15, -0.1) is 0 Å². The van der Waals surface area contributed by atoms with Crippen molar-refractivity contribution in [2.24, 2.45) is 5.92 Å². The normalized spacial score (nSPS) is 15.9. The van der Waals surface area contributed by atoms with Crippen molar-refractivity contribution in [2.75, 3.05) is 13.1 Å². The number of piperidine rings is 1. The second-order valence-electron chi connectivity index (χ2n) is 8.57.